The van der Waals surface area contributed by atoms with Crippen LogP contribution in [0.5, 0.6) is 0 Å². The van der Waals surface area contributed by atoms with Crippen LogP contribution < -0.4 is 0 Å². The molecule has 2 rings (SSSR count). The molecule has 0 aromatic rings. The van der Waals surface area contributed by atoms with E-state index in [1.54, 1.807) is 0 Å². The Kier molecular flexibility index (Phi) is 7.02. The van der Waals surface area contributed by atoms with Crippen molar-refractivity contribution < 1.29 is 4.79 Å². The number of alkyl halides is 1. The van der Waals surface area contributed by atoms with Crippen molar-refractivity contribution in [2.75, 3.05) is 43.0 Å². The molecule has 0 radical (unpaired) electrons. The SMILES string of the molecule is O=C(CCCBr)N1CCCSCC1CN1CCCC1. The lowest BCUT2D eigenvalue weighted by Crippen LogP contribution is -2.47. The van der Waals surface area contributed by atoms with Crippen LogP contribution in [0, 0.1) is 0 Å². The molecule has 3 nitrogen and oxygen atoms in total. The van der Waals surface area contributed by atoms with Gasteiger partial charge in [-0.1, -0.05) is 15.9 Å². The zero-order valence-corrected chi connectivity index (χ0v) is 14.1. The quantitative estimate of drug-likeness (QED) is 0.713. The summed E-state index contributed by atoms with van der Waals surface area (Å²) in [5.74, 6) is 2.70. The molecule has 0 saturated carbocycles. The van der Waals surface area contributed by atoms with Crippen molar-refractivity contribution >= 4 is 33.6 Å². The molecular weight excluding hydrogens is 324 g/mol. The lowest BCUT2D eigenvalue weighted by atomic mass is 10.2. The molecule has 2 saturated heterocycles. The molecule has 0 aromatic heterocycles. The van der Waals surface area contributed by atoms with Crippen molar-refractivity contribution in [2.24, 2.45) is 0 Å². The number of halogens is 1. The van der Waals surface area contributed by atoms with Gasteiger partial charge in [0, 0.05) is 30.6 Å². The van der Waals surface area contributed by atoms with Gasteiger partial charge in [0.1, 0.15) is 0 Å². The number of likely N-dealkylation sites (tertiary alicyclic amines) is 1. The fourth-order valence-corrected chi connectivity index (χ4v) is 4.27. The summed E-state index contributed by atoms with van der Waals surface area (Å²) in [5, 5.41) is 0.929. The van der Waals surface area contributed by atoms with Crippen LogP contribution in [0.15, 0.2) is 0 Å². The lowest BCUT2D eigenvalue weighted by Gasteiger charge is -2.32. The van der Waals surface area contributed by atoms with E-state index in [2.05, 4.69) is 25.7 Å². The van der Waals surface area contributed by atoms with E-state index in [0.717, 1.165) is 37.0 Å². The van der Waals surface area contributed by atoms with E-state index >= 15 is 0 Å². The highest BCUT2D eigenvalue weighted by Crippen LogP contribution is 2.20. The van der Waals surface area contributed by atoms with Crippen LogP contribution in [0.1, 0.15) is 32.1 Å². The maximum atomic E-state index is 12.4. The second-order valence-corrected chi connectivity index (χ2v) is 7.41. The molecule has 0 spiro atoms. The first kappa shape index (κ1) is 15.6. The molecule has 110 valence electrons. The minimum atomic E-state index is 0.367. The molecule has 5 heteroatoms. The zero-order chi connectivity index (χ0) is 13.5. The Hall–Kier alpha value is 0.260. The van der Waals surface area contributed by atoms with Crippen LogP contribution >= 0.6 is 27.7 Å². The monoisotopic (exact) mass is 348 g/mol. The highest BCUT2D eigenvalue weighted by atomic mass is 79.9. The minimum absolute atomic E-state index is 0.367. The van der Waals surface area contributed by atoms with E-state index in [1.807, 2.05) is 11.8 Å². The van der Waals surface area contributed by atoms with Gasteiger partial charge in [0.15, 0.2) is 0 Å². The normalized spacial score (nSPS) is 25.5. The molecule has 2 aliphatic rings. The Balaban J connectivity index is 1.91. The van der Waals surface area contributed by atoms with E-state index in [1.165, 1.54) is 31.7 Å². The van der Waals surface area contributed by atoms with Gasteiger partial charge in [-0.05, 0) is 44.5 Å². The first-order valence-electron chi connectivity index (χ1n) is 7.47. The average Bonchev–Trinajstić information content (AvgIpc) is 2.81. The largest absolute Gasteiger partial charge is 0.338 e. The highest BCUT2D eigenvalue weighted by molar-refractivity contribution is 9.09. The molecule has 2 heterocycles. The van der Waals surface area contributed by atoms with Crippen LogP contribution in [0.25, 0.3) is 0 Å². The number of carbonyl (C=O) groups is 1. The zero-order valence-electron chi connectivity index (χ0n) is 11.7. The van der Waals surface area contributed by atoms with Gasteiger partial charge in [0.05, 0.1) is 6.04 Å². The van der Waals surface area contributed by atoms with Crippen molar-refractivity contribution in [2.45, 2.75) is 38.1 Å². The van der Waals surface area contributed by atoms with Crippen molar-refractivity contribution in [1.82, 2.24) is 9.80 Å². The second kappa shape index (κ2) is 8.53. The Morgan fingerprint density at radius 3 is 2.74 bits per heavy atom. The molecule has 19 heavy (non-hydrogen) atoms. The predicted molar refractivity (Wildman–Crippen MR) is 86.1 cm³/mol. The molecular formula is C14H25BrN2OS. The molecule has 0 N–H and O–H groups in total. The van der Waals surface area contributed by atoms with E-state index in [0.29, 0.717) is 18.4 Å². The van der Waals surface area contributed by atoms with Crippen molar-refractivity contribution in [3.05, 3.63) is 0 Å². The standard InChI is InChI=1S/C14H25BrN2OS/c15-6-3-5-14(18)17-9-4-10-19-12-13(17)11-16-7-1-2-8-16/h13H,1-12H2. The molecule has 0 bridgehead atoms. The number of thioether (sulfide) groups is 1. The van der Waals surface area contributed by atoms with Crippen LogP contribution in [0.2, 0.25) is 0 Å². The number of hydrogen-bond donors (Lipinski definition) is 0. The van der Waals surface area contributed by atoms with Gasteiger partial charge in [-0.2, -0.15) is 11.8 Å². The minimum Gasteiger partial charge on any atom is -0.338 e. The Morgan fingerprint density at radius 2 is 2.00 bits per heavy atom. The first-order chi connectivity index (χ1) is 9.31. The third-order valence-corrected chi connectivity index (χ3v) is 5.71. The van der Waals surface area contributed by atoms with Crippen molar-refractivity contribution in [1.29, 1.82) is 0 Å². The summed E-state index contributed by atoms with van der Waals surface area (Å²) in [4.78, 5) is 17.1. The fraction of sp³-hybridized carbons (Fsp3) is 0.929. The Labute approximate surface area is 129 Å². The smallest absolute Gasteiger partial charge is 0.222 e. The average molecular weight is 349 g/mol. The number of hydrogen-bond acceptors (Lipinski definition) is 3. The van der Waals surface area contributed by atoms with Crippen molar-refractivity contribution in [3.8, 4) is 0 Å². The predicted octanol–water partition coefficient (Wildman–Crippen LogP) is 2.59. The van der Waals surface area contributed by atoms with E-state index < -0.39 is 0 Å². The van der Waals surface area contributed by atoms with Gasteiger partial charge in [-0.15, -0.1) is 0 Å². The molecule has 0 aromatic carbocycles. The number of nitrogens with zero attached hydrogens (tertiary/aromatic N) is 2. The van der Waals surface area contributed by atoms with E-state index in [9.17, 15) is 4.79 Å². The van der Waals surface area contributed by atoms with Gasteiger partial charge in [-0.3, -0.25) is 4.79 Å². The second-order valence-electron chi connectivity index (χ2n) is 5.47. The van der Waals surface area contributed by atoms with Crippen LogP contribution in [-0.4, -0.2) is 64.8 Å². The third kappa shape index (κ3) is 4.94. The summed E-state index contributed by atoms with van der Waals surface area (Å²) in [6, 6.07) is 0.438. The number of carbonyl (C=O) groups excluding carboxylic acids is 1. The van der Waals surface area contributed by atoms with Crippen molar-refractivity contribution in [3.63, 3.8) is 0 Å². The van der Waals surface area contributed by atoms with Gasteiger partial charge >= 0.3 is 0 Å². The summed E-state index contributed by atoms with van der Waals surface area (Å²) in [6.07, 6.45) is 5.47. The Morgan fingerprint density at radius 1 is 1.21 bits per heavy atom. The maximum absolute atomic E-state index is 12.4. The van der Waals surface area contributed by atoms with Gasteiger partial charge in [0.2, 0.25) is 5.91 Å². The fourth-order valence-electron chi connectivity index (χ4n) is 2.93. The van der Waals surface area contributed by atoms with Crippen LogP contribution in [-0.2, 0) is 4.79 Å². The summed E-state index contributed by atoms with van der Waals surface area (Å²) in [5.41, 5.74) is 0. The van der Waals surface area contributed by atoms with E-state index in [4.69, 9.17) is 0 Å². The van der Waals surface area contributed by atoms with Gasteiger partial charge in [-0.25, -0.2) is 0 Å². The van der Waals surface area contributed by atoms with Gasteiger partial charge in [0.25, 0.3) is 0 Å². The first-order valence-corrected chi connectivity index (χ1v) is 9.74. The maximum Gasteiger partial charge on any atom is 0.222 e. The molecule has 1 amide bonds. The lowest BCUT2D eigenvalue weighted by molar-refractivity contribution is -0.133. The van der Waals surface area contributed by atoms with Crippen LogP contribution in [0.3, 0.4) is 0 Å². The number of rotatable bonds is 5. The summed E-state index contributed by atoms with van der Waals surface area (Å²) < 4.78 is 0. The molecule has 1 atom stereocenters. The molecule has 0 aliphatic carbocycles. The molecule has 2 aliphatic heterocycles. The number of amides is 1. The molecule has 1 unspecified atom stereocenters. The topological polar surface area (TPSA) is 23.6 Å². The van der Waals surface area contributed by atoms with Gasteiger partial charge < -0.3 is 9.80 Å². The summed E-state index contributed by atoms with van der Waals surface area (Å²) in [7, 11) is 0. The highest BCUT2D eigenvalue weighted by Gasteiger charge is 2.27. The third-order valence-electron chi connectivity index (χ3n) is 3.95. The Bertz CT molecular complexity index is 285. The van der Waals surface area contributed by atoms with Crippen LogP contribution in [0.4, 0.5) is 0 Å². The summed E-state index contributed by atoms with van der Waals surface area (Å²) >= 11 is 5.44. The summed E-state index contributed by atoms with van der Waals surface area (Å²) in [6.45, 7) is 4.51. The van der Waals surface area contributed by atoms with E-state index in [-0.39, 0.29) is 0 Å². The molecule has 2 fully saturated rings.